The molecule has 0 saturated heterocycles. The van der Waals surface area contributed by atoms with Gasteiger partial charge in [-0.25, -0.2) is 9.97 Å². The number of nitrogens with zero attached hydrogens (tertiary/aromatic N) is 3. The molecule has 1 amide bonds. The maximum atomic E-state index is 12.7. The standard InChI is InChI=1S/C19H15ClN4O/c20-14-5-3-6-15(10-14)23-18-12-21-16(11-22-18)19(25)24-9-8-13-4-1-2-7-17(13)24/h1-7,10-12H,8-9H2,(H,22,23). The van der Waals surface area contributed by atoms with E-state index in [9.17, 15) is 4.79 Å². The van der Waals surface area contributed by atoms with Crippen molar-refractivity contribution in [3.05, 3.63) is 77.2 Å². The van der Waals surface area contributed by atoms with E-state index in [0.717, 1.165) is 17.8 Å². The predicted molar refractivity (Wildman–Crippen MR) is 98.6 cm³/mol. The molecule has 0 bridgehead atoms. The SMILES string of the molecule is O=C(c1cnc(Nc2cccc(Cl)c2)cn1)N1CCc2ccccc21. The fourth-order valence-electron chi connectivity index (χ4n) is 2.90. The fraction of sp³-hybridized carbons (Fsp3) is 0.105. The summed E-state index contributed by atoms with van der Waals surface area (Å²) >= 11 is 5.97. The van der Waals surface area contributed by atoms with E-state index in [1.807, 2.05) is 36.4 Å². The smallest absolute Gasteiger partial charge is 0.278 e. The summed E-state index contributed by atoms with van der Waals surface area (Å²) in [5, 5.41) is 3.75. The van der Waals surface area contributed by atoms with E-state index >= 15 is 0 Å². The van der Waals surface area contributed by atoms with Crippen LogP contribution in [0.4, 0.5) is 17.2 Å². The number of nitrogens with one attached hydrogen (secondary N) is 1. The molecule has 0 unspecified atom stereocenters. The lowest BCUT2D eigenvalue weighted by molar-refractivity contribution is 0.0984. The first-order valence-corrected chi connectivity index (χ1v) is 8.33. The molecule has 1 aromatic heterocycles. The molecule has 0 aliphatic carbocycles. The zero-order valence-corrected chi connectivity index (χ0v) is 14.1. The predicted octanol–water partition coefficient (Wildman–Crippen LogP) is 4.08. The second kappa shape index (κ2) is 6.53. The van der Waals surface area contributed by atoms with Gasteiger partial charge in [-0.05, 0) is 36.2 Å². The van der Waals surface area contributed by atoms with Crippen molar-refractivity contribution in [1.29, 1.82) is 0 Å². The number of carbonyl (C=O) groups excluding carboxylic acids is 1. The van der Waals surface area contributed by atoms with Crippen LogP contribution in [-0.4, -0.2) is 22.4 Å². The molecule has 25 heavy (non-hydrogen) atoms. The van der Waals surface area contributed by atoms with Gasteiger partial charge in [-0.15, -0.1) is 0 Å². The minimum absolute atomic E-state index is 0.133. The second-order valence-electron chi connectivity index (χ2n) is 5.76. The van der Waals surface area contributed by atoms with E-state index < -0.39 is 0 Å². The third-order valence-electron chi connectivity index (χ3n) is 4.10. The molecule has 0 fully saturated rings. The molecule has 0 saturated carbocycles. The zero-order chi connectivity index (χ0) is 17.2. The van der Waals surface area contributed by atoms with E-state index in [1.54, 1.807) is 23.2 Å². The van der Waals surface area contributed by atoms with Gasteiger partial charge in [0.25, 0.3) is 5.91 Å². The van der Waals surface area contributed by atoms with Crippen molar-refractivity contribution in [2.24, 2.45) is 0 Å². The topological polar surface area (TPSA) is 58.1 Å². The average Bonchev–Trinajstić information content (AvgIpc) is 3.06. The van der Waals surface area contributed by atoms with Gasteiger partial charge in [0.2, 0.25) is 0 Å². The van der Waals surface area contributed by atoms with Crippen LogP contribution in [0.2, 0.25) is 5.02 Å². The van der Waals surface area contributed by atoms with Gasteiger partial charge in [0.1, 0.15) is 11.5 Å². The number of hydrogen-bond acceptors (Lipinski definition) is 4. The molecule has 1 N–H and O–H groups in total. The molecule has 2 heterocycles. The Balaban J connectivity index is 1.52. The number of aromatic nitrogens is 2. The molecule has 3 aromatic rings. The number of anilines is 3. The third-order valence-corrected chi connectivity index (χ3v) is 4.34. The Kier molecular flexibility index (Phi) is 4.07. The third kappa shape index (κ3) is 3.19. The van der Waals surface area contributed by atoms with E-state index in [-0.39, 0.29) is 5.91 Å². The van der Waals surface area contributed by atoms with Gasteiger partial charge in [-0.1, -0.05) is 35.9 Å². The Morgan fingerprint density at radius 1 is 1.08 bits per heavy atom. The van der Waals surface area contributed by atoms with Crippen LogP contribution in [0.5, 0.6) is 0 Å². The number of halogens is 1. The summed E-state index contributed by atoms with van der Waals surface area (Å²) in [6.07, 6.45) is 3.91. The average molecular weight is 351 g/mol. The molecule has 4 rings (SSSR count). The Morgan fingerprint density at radius 2 is 1.96 bits per heavy atom. The first kappa shape index (κ1) is 15.6. The minimum atomic E-state index is -0.133. The van der Waals surface area contributed by atoms with Crippen LogP contribution in [0.1, 0.15) is 16.1 Å². The van der Waals surface area contributed by atoms with Crippen LogP contribution in [0.3, 0.4) is 0 Å². The number of benzene rings is 2. The summed E-state index contributed by atoms with van der Waals surface area (Å²) in [5.74, 6) is 0.424. The van der Waals surface area contributed by atoms with Crippen molar-refractivity contribution >= 4 is 34.7 Å². The minimum Gasteiger partial charge on any atom is -0.339 e. The number of rotatable bonds is 3. The summed E-state index contributed by atoms with van der Waals surface area (Å²) in [6.45, 7) is 0.669. The Labute approximate surface area is 150 Å². The van der Waals surface area contributed by atoms with Crippen molar-refractivity contribution in [3.63, 3.8) is 0 Å². The molecule has 5 nitrogen and oxygen atoms in total. The van der Waals surface area contributed by atoms with Crippen LogP contribution in [0.15, 0.2) is 60.9 Å². The fourth-order valence-corrected chi connectivity index (χ4v) is 3.09. The van der Waals surface area contributed by atoms with Crippen LogP contribution in [0.25, 0.3) is 0 Å². The highest BCUT2D eigenvalue weighted by atomic mass is 35.5. The normalized spacial score (nSPS) is 12.8. The molecule has 124 valence electrons. The van der Waals surface area contributed by atoms with Crippen LogP contribution in [0, 0.1) is 0 Å². The molecular weight excluding hydrogens is 336 g/mol. The quantitative estimate of drug-likeness (QED) is 0.773. The van der Waals surface area contributed by atoms with Crippen molar-refractivity contribution in [2.75, 3.05) is 16.8 Å². The van der Waals surface area contributed by atoms with Gasteiger partial charge >= 0.3 is 0 Å². The molecule has 1 aliphatic rings. The first-order valence-electron chi connectivity index (χ1n) is 7.95. The van der Waals surface area contributed by atoms with Crippen LogP contribution < -0.4 is 10.2 Å². The van der Waals surface area contributed by atoms with Crippen molar-refractivity contribution in [2.45, 2.75) is 6.42 Å². The Bertz CT molecular complexity index is 927. The lowest BCUT2D eigenvalue weighted by Gasteiger charge is -2.16. The molecule has 6 heteroatoms. The first-order chi connectivity index (χ1) is 12.2. The van der Waals surface area contributed by atoms with Gasteiger partial charge in [0, 0.05) is 22.9 Å². The van der Waals surface area contributed by atoms with E-state index in [2.05, 4.69) is 15.3 Å². The van der Waals surface area contributed by atoms with Gasteiger partial charge < -0.3 is 10.2 Å². The van der Waals surface area contributed by atoms with Crippen LogP contribution >= 0.6 is 11.6 Å². The summed E-state index contributed by atoms with van der Waals surface area (Å²) in [7, 11) is 0. The van der Waals surface area contributed by atoms with Gasteiger partial charge in [0.05, 0.1) is 12.4 Å². The van der Waals surface area contributed by atoms with Gasteiger partial charge in [-0.3, -0.25) is 4.79 Å². The summed E-state index contributed by atoms with van der Waals surface area (Å²) in [6, 6.07) is 15.3. The number of hydrogen-bond donors (Lipinski definition) is 1. The van der Waals surface area contributed by atoms with Crippen LogP contribution in [-0.2, 0) is 6.42 Å². The highest BCUT2D eigenvalue weighted by Gasteiger charge is 2.26. The number of carbonyl (C=O) groups is 1. The summed E-state index contributed by atoms with van der Waals surface area (Å²) < 4.78 is 0. The number of para-hydroxylation sites is 1. The Hall–Kier alpha value is -2.92. The molecule has 0 spiro atoms. The largest absolute Gasteiger partial charge is 0.339 e. The summed E-state index contributed by atoms with van der Waals surface area (Å²) in [4.78, 5) is 23.0. The Morgan fingerprint density at radius 3 is 2.76 bits per heavy atom. The number of amides is 1. The monoisotopic (exact) mass is 350 g/mol. The lowest BCUT2D eigenvalue weighted by atomic mass is 10.2. The highest BCUT2D eigenvalue weighted by molar-refractivity contribution is 6.30. The van der Waals surface area contributed by atoms with Crippen molar-refractivity contribution in [1.82, 2.24) is 9.97 Å². The summed E-state index contributed by atoms with van der Waals surface area (Å²) in [5.41, 5.74) is 3.28. The van der Waals surface area contributed by atoms with E-state index in [4.69, 9.17) is 11.6 Å². The zero-order valence-electron chi connectivity index (χ0n) is 13.3. The second-order valence-corrected chi connectivity index (χ2v) is 6.19. The van der Waals surface area contributed by atoms with Crippen molar-refractivity contribution in [3.8, 4) is 0 Å². The van der Waals surface area contributed by atoms with Gasteiger partial charge in [0.15, 0.2) is 0 Å². The van der Waals surface area contributed by atoms with E-state index in [0.29, 0.717) is 23.1 Å². The maximum absolute atomic E-state index is 12.7. The molecule has 0 atom stereocenters. The molecule has 1 aliphatic heterocycles. The highest BCUT2D eigenvalue weighted by Crippen LogP contribution is 2.28. The van der Waals surface area contributed by atoms with Gasteiger partial charge in [-0.2, -0.15) is 0 Å². The molecular formula is C19H15ClN4O. The lowest BCUT2D eigenvalue weighted by Crippen LogP contribution is -2.29. The molecule has 0 radical (unpaired) electrons. The number of fused-ring (bicyclic) bond motifs is 1. The molecule has 2 aromatic carbocycles. The maximum Gasteiger partial charge on any atom is 0.278 e. The van der Waals surface area contributed by atoms with Crippen molar-refractivity contribution < 1.29 is 4.79 Å². The van der Waals surface area contributed by atoms with E-state index in [1.165, 1.54) is 11.8 Å².